The summed E-state index contributed by atoms with van der Waals surface area (Å²) in [5, 5.41) is 9.27. The summed E-state index contributed by atoms with van der Waals surface area (Å²) in [4.78, 5) is 0. The quantitative estimate of drug-likeness (QED) is 0.610. The number of aliphatic hydroxyl groups is 1. The molecule has 0 unspecified atom stereocenters. The van der Waals surface area contributed by atoms with Crippen molar-refractivity contribution in [1.29, 1.82) is 0 Å². The molecule has 0 fully saturated rings. The van der Waals surface area contributed by atoms with E-state index in [0.29, 0.717) is 3.63 Å². The Morgan fingerprint density at radius 2 is 1.52 bits per heavy atom. The number of aliphatic hydroxyl groups excluding tert-OH is 1. The van der Waals surface area contributed by atoms with Crippen LogP contribution in [0.25, 0.3) is 11.1 Å². The maximum absolute atomic E-state index is 9.27. The largest absolute Gasteiger partial charge is 1.00 e. The van der Waals surface area contributed by atoms with Gasteiger partial charge in [-0.05, 0) is 0 Å². The number of benzene rings is 2. The Morgan fingerprint density at radius 3 is 2.04 bits per heavy atom. The van der Waals surface area contributed by atoms with Crippen molar-refractivity contribution in [2.75, 3.05) is 6.61 Å². The van der Waals surface area contributed by atoms with Crippen molar-refractivity contribution < 1.29 is 51.2 Å². The molecular formula is C23H24Cl2OZr. The molecule has 0 bridgehead atoms. The van der Waals surface area contributed by atoms with Crippen molar-refractivity contribution in [3.05, 3.63) is 80.7 Å². The molecule has 4 heteroatoms. The number of fused-ring (bicyclic) bond motifs is 3. The maximum Gasteiger partial charge on any atom is -1.00 e. The van der Waals surface area contributed by atoms with Gasteiger partial charge in [0, 0.05) is 0 Å². The molecule has 0 radical (unpaired) electrons. The van der Waals surface area contributed by atoms with E-state index in [4.69, 9.17) is 0 Å². The minimum Gasteiger partial charge on any atom is -1.00 e. The first-order valence-corrected chi connectivity index (χ1v) is 12.9. The van der Waals surface area contributed by atoms with E-state index in [1.54, 1.807) is 6.49 Å². The van der Waals surface area contributed by atoms with E-state index < -0.39 is 21.3 Å². The van der Waals surface area contributed by atoms with E-state index in [-0.39, 0.29) is 31.4 Å². The molecule has 1 nitrogen and oxygen atoms in total. The van der Waals surface area contributed by atoms with Crippen LogP contribution in [0.5, 0.6) is 0 Å². The minimum absolute atomic E-state index is 0. The zero-order valence-electron chi connectivity index (χ0n) is 15.7. The van der Waals surface area contributed by atoms with Crippen LogP contribution in [0, 0.1) is 0 Å². The van der Waals surface area contributed by atoms with Crippen molar-refractivity contribution in [1.82, 2.24) is 0 Å². The Bertz CT molecular complexity index is 878. The van der Waals surface area contributed by atoms with Crippen LogP contribution in [-0.2, 0) is 21.3 Å². The van der Waals surface area contributed by atoms with Gasteiger partial charge in [0.2, 0.25) is 0 Å². The summed E-state index contributed by atoms with van der Waals surface area (Å²) in [5.74, 6) is 0. The topological polar surface area (TPSA) is 20.2 Å². The van der Waals surface area contributed by atoms with Crippen LogP contribution in [0.1, 0.15) is 41.4 Å². The van der Waals surface area contributed by atoms with Gasteiger partial charge < -0.3 is 24.8 Å². The van der Waals surface area contributed by atoms with Crippen molar-refractivity contribution in [3.63, 3.8) is 0 Å². The van der Waals surface area contributed by atoms with E-state index in [2.05, 4.69) is 74.5 Å². The molecule has 2 aromatic carbocycles. The summed E-state index contributed by atoms with van der Waals surface area (Å²) in [6, 6.07) is 18.0. The average molecular weight is 479 g/mol. The monoisotopic (exact) mass is 476 g/mol. The Hall–Kier alpha value is -0.787. The zero-order valence-corrected chi connectivity index (χ0v) is 19.6. The molecule has 140 valence electrons. The molecule has 0 saturated heterocycles. The molecule has 0 amide bonds. The fourth-order valence-corrected chi connectivity index (χ4v) is 12.6. The fourth-order valence-electron chi connectivity index (χ4n) is 4.34. The van der Waals surface area contributed by atoms with E-state index >= 15 is 0 Å². The second-order valence-corrected chi connectivity index (χ2v) is 14.6. The molecule has 27 heavy (non-hydrogen) atoms. The van der Waals surface area contributed by atoms with Crippen molar-refractivity contribution in [2.24, 2.45) is 0 Å². The fraction of sp³-hybridized carbons (Fsp3) is 0.261. The molecule has 0 heterocycles. The van der Waals surface area contributed by atoms with Crippen LogP contribution in [0.4, 0.5) is 0 Å². The van der Waals surface area contributed by atoms with Gasteiger partial charge in [-0.25, -0.2) is 0 Å². The molecule has 0 spiro atoms. The first kappa shape index (κ1) is 22.5. The van der Waals surface area contributed by atoms with Gasteiger partial charge in [0.05, 0.1) is 0 Å². The maximum atomic E-state index is 9.27. The molecule has 0 saturated carbocycles. The van der Waals surface area contributed by atoms with Crippen molar-refractivity contribution >= 4 is 3.21 Å². The van der Waals surface area contributed by atoms with Gasteiger partial charge in [0.25, 0.3) is 0 Å². The molecular weight excluding hydrogens is 454 g/mol. The normalized spacial score (nSPS) is 14.0. The van der Waals surface area contributed by atoms with Crippen molar-refractivity contribution in [2.45, 2.75) is 30.3 Å². The van der Waals surface area contributed by atoms with Crippen LogP contribution >= 0.6 is 0 Å². The second kappa shape index (κ2) is 9.61. The van der Waals surface area contributed by atoms with Crippen molar-refractivity contribution in [3.8, 4) is 11.1 Å². The predicted molar refractivity (Wildman–Crippen MR) is 103 cm³/mol. The molecule has 0 aromatic heterocycles. The van der Waals surface area contributed by atoms with Gasteiger partial charge >= 0.3 is 158 Å². The summed E-state index contributed by atoms with van der Waals surface area (Å²) in [5.41, 5.74) is 7.28. The number of halogens is 2. The third-order valence-corrected chi connectivity index (χ3v) is 13.5. The third kappa shape index (κ3) is 4.15. The van der Waals surface area contributed by atoms with Gasteiger partial charge in [-0.15, -0.1) is 0 Å². The van der Waals surface area contributed by atoms with Crippen LogP contribution in [-0.4, -0.2) is 14.9 Å². The van der Waals surface area contributed by atoms with Crippen LogP contribution in [0.15, 0.2) is 69.5 Å². The molecule has 0 atom stereocenters. The van der Waals surface area contributed by atoms with Gasteiger partial charge in [-0.2, -0.15) is 0 Å². The Balaban J connectivity index is 0.00000131. The van der Waals surface area contributed by atoms with E-state index in [1.807, 2.05) is 0 Å². The van der Waals surface area contributed by atoms with E-state index in [0.717, 1.165) is 12.8 Å². The molecule has 2 aliphatic carbocycles. The number of rotatable bonds is 4. The summed E-state index contributed by atoms with van der Waals surface area (Å²) in [6.45, 7) is 4.95. The standard InChI is InChI=1S/C13H9.C7H9O.C3H6.2ClH.Zr/c1-3-7-12-10(5-1)9-11-6-2-4-8-13(11)12;8-6-5-7-3-1-2-4-7;1-3-2;;;/h1-9H;3-4,8H,1,5-6H2;1-2H3;2*1H;/q;;;;;+2/p-2. The Labute approximate surface area is 182 Å². The second-order valence-electron chi connectivity index (χ2n) is 7.15. The van der Waals surface area contributed by atoms with Crippen LogP contribution in [0.3, 0.4) is 0 Å². The average Bonchev–Trinajstić information content (AvgIpc) is 3.20. The number of allylic oxidation sites excluding steroid dienone is 3. The molecule has 0 aliphatic heterocycles. The third-order valence-electron chi connectivity index (χ3n) is 5.35. The first-order valence-electron chi connectivity index (χ1n) is 9.07. The zero-order chi connectivity index (χ0) is 17.4. The van der Waals surface area contributed by atoms with Gasteiger partial charge in [-0.1, -0.05) is 0 Å². The SMILES string of the molecule is C[C](C)=[Zr+2]([C]1=CC(CCO)=CC1)[CH]1c2ccccc2-c2ccccc21.[Cl-].[Cl-]. The molecule has 4 rings (SSSR count). The summed E-state index contributed by atoms with van der Waals surface area (Å²) in [6.07, 6.45) is 6.64. The number of hydrogen-bond acceptors (Lipinski definition) is 1. The van der Waals surface area contributed by atoms with Gasteiger partial charge in [0.1, 0.15) is 0 Å². The minimum atomic E-state index is -2.02. The summed E-state index contributed by atoms with van der Waals surface area (Å²) in [7, 11) is 0. The molecule has 1 N–H and O–H groups in total. The summed E-state index contributed by atoms with van der Waals surface area (Å²) >= 11 is -2.02. The van der Waals surface area contributed by atoms with Crippen LogP contribution < -0.4 is 24.8 Å². The van der Waals surface area contributed by atoms with Gasteiger partial charge in [0.15, 0.2) is 0 Å². The predicted octanol–water partition coefficient (Wildman–Crippen LogP) is -0.809. The smallest absolute Gasteiger partial charge is 1.00 e. The summed E-state index contributed by atoms with van der Waals surface area (Å²) < 4.78 is 3.93. The van der Waals surface area contributed by atoms with Gasteiger partial charge in [-0.3, -0.25) is 0 Å². The molecule has 2 aliphatic rings. The Kier molecular flexibility index (Phi) is 8.01. The van der Waals surface area contributed by atoms with E-state index in [9.17, 15) is 5.11 Å². The first-order chi connectivity index (χ1) is 12.2. The Morgan fingerprint density at radius 1 is 0.963 bits per heavy atom. The molecule has 2 aromatic rings. The number of hydrogen-bond donors (Lipinski definition) is 1. The van der Waals surface area contributed by atoms with E-state index in [1.165, 1.54) is 27.8 Å². The van der Waals surface area contributed by atoms with Crippen LogP contribution in [0.2, 0.25) is 0 Å².